The number of benzene rings is 2. The third kappa shape index (κ3) is 3.28. The summed E-state index contributed by atoms with van der Waals surface area (Å²) in [7, 11) is 1.87. The number of anilines is 1. The second-order valence-electron chi connectivity index (χ2n) is 7.52. The molecule has 0 radical (unpaired) electrons. The summed E-state index contributed by atoms with van der Waals surface area (Å²) in [6.45, 7) is 0. The van der Waals surface area contributed by atoms with Gasteiger partial charge in [-0.25, -0.2) is 18.2 Å². The molecular weight excluding hydrogens is 401 g/mol. The Morgan fingerprint density at radius 2 is 1.71 bits per heavy atom. The van der Waals surface area contributed by atoms with Gasteiger partial charge in [-0.2, -0.15) is 0 Å². The number of fused-ring (bicyclic) bond motifs is 2. The van der Waals surface area contributed by atoms with Crippen molar-refractivity contribution in [3.8, 4) is 11.1 Å². The fourth-order valence-electron chi connectivity index (χ4n) is 4.03. The van der Waals surface area contributed by atoms with Gasteiger partial charge in [-0.15, -0.1) is 0 Å². The average Bonchev–Trinajstić information content (AvgIpc) is 3.05. The number of rotatable bonds is 3. The van der Waals surface area contributed by atoms with Gasteiger partial charge < -0.3 is 10.3 Å². The number of aryl methyl sites for hydroxylation is 1. The lowest BCUT2D eigenvalue weighted by molar-refractivity contribution is 0.580. The van der Waals surface area contributed by atoms with Gasteiger partial charge in [0, 0.05) is 65.7 Å². The van der Waals surface area contributed by atoms with Crippen molar-refractivity contribution in [3.05, 3.63) is 89.8 Å². The van der Waals surface area contributed by atoms with E-state index in [2.05, 4.69) is 9.97 Å². The smallest absolute Gasteiger partial charge is 0.140 e. The van der Waals surface area contributed by atoms with Gasteiger partial charge in [-0.1, -0.05) is 12.1 Å². The van der Waals surface area contributed by atoms with E-state index in [1.54, 1.807) is 24.4 Å². The van der Waals surface area contributed by atoms with Crippen LogP contribution in [0.15, 0.2) is 61.1 Å². The molecular formula is C24H17F3N4. The van der Waals surface area contributed by atoms with Crippen LogP contribution in [-0.4, -0.2) is 14.5 Å². The van der Waals surface area contributed by atoms with E-state index in [0.29, 0.717) is 44.4 Å². The minimum Gasteiger partial charge on any atom is -0.383 e. The molecule has 0 atom stereocenters. The highest BCUT2D eigenvalue weighted by Crippen LogP contribution is 2.36. The van der Waals surface area contributed by atoms with Crippen LogP contribution >= 0.6 is 0 Å². The maximum Gasteiger partial charge on any atom is 0.140 e. The van der Waals surface area contributed by atoms with Gasteiger partial charge in [0.25, 0.3) is 0 Å². The third-order valence-corrected chi connectivity index (χ3v) is 5.42. The van der Waals surface area contributed by atoms with Gasteiger partial charge in [0.1, 0.15) is 23.3 Å². The van der Waals surface area contributed by atoms with Crippen LogP contribution in [-0.2, 0) is 13.5 Å². The molecule has 2 N–H and O–H groups in total. The van der Waals surface area contributed by atoms with E-state index < -0.39 is 17.5 Å². The molecule has 3 aromatic heterocycles. The predicted octanol–water partition coefficient (Wildman–Crippen LogP) is 5.38. The van der Waals surface area contributed by atoms with E-state index in [0.717, 1.165) is 11.6 Å². The second kappa shape index (κ2) is 7.12. The van der Waals surface area contributed by atoms with E-state index in [-0.39, 0.29) is 6.42 Å². The number of nitrogens with two attached hydrogens (primary N) is 1. The van der Waals surface area contributed by atoms with Gasteiger partial charge in [-0.05, 0) is 35.2 Å². The molecule has 0 fully saturated rings. The molecule has 4 nitrogen and oxygen atoms in total. The first-order valence-corrected chi connectivity index (χ1v) is 9.62. The molecule has 7 heteroatoms. The SMILES string of the molecule is Cn1cc(-c2ccc3cc(Cc4cc(F)cc(F)c4)ncc3c2F)c2c(N)nccc21. The molecule has 2 aromatic carbocycles. The number of pyridine rings is 2. The molecule has 0 saturated heterocycles. The Morgan fingerprint density at radius 1 is 0.935 bits per heavy atom. The summed E-state index contributed by atoms with van der Waals surface area (Å²) in [4.78, 5) is 8.45. The normalized spacial score (nSPS) is 11.5. The Hall–Kier alpha value is -3.87. The predicted molar refractivity (Wildman–Crippen MR) is 115 cm³/mol. The topological polar surface area (TPSA) is 56.7 Å². The summed E-state index contributed by atoms with van der Waals surface area (Å²) < 4.78 is 44.3. The van der Waals surface area contributed by atoms with Crippen LogP contribution in [0.2, 0.25) is 0 Å². The first-order chi connectivity index (χ1) is 14.9. The highest BCUT2D eigenvalue weighted by atomic mass is 19.1. The molecule has 31 heavy (non-hydrogen) atoms. The molecule has 0 aliphatic heterocycles. The molecule has 154 valence electrons. The van der Waals surface area contributed by atoms with Crippen LogP contribution in [0.25, 0.3) is 32.8 Å². The zero-order valence-electron chi connectivity index (χ0n) is 16.5. The molecule has 0 amide bonds. The van der Waals surface area contributed by atoms with E-state index in [4.69, 9.17) is 5.73 Å². The average molecular weight is 418 g/mol. The van der Waals surface area contributed by atoms with Crippen molar-refractivity contribution in [2.24, 2.45) is 7.05 Å². The maximum atomic E-state index is 15.5. The van der Waals surface area contributed by atoms with Crippen molar-refractivity contribution in [2.45, 2.75) is 6.42 Å². The van der Waals surface area contributed by atoms with Crippen molar-refractivity contribution >= 4 is 27.5 Å². The van der Waals surface area contributed by atoms with Gasteiger partial charge in [0.05, 0.1) is 5.52 Å². The third-order valence-electron chi connectivity index (χ3n) is 5.42. The standard InChI is InChI=1S/C24H17F3N4/c1-31-12-20(22-21(31)4-5-29-24(22)28)18-3-2-14-9-17(30-11-19(14)23(18)27)8-13-6-15(25)10-16(26)7-13/h2-7,9-12H,8H2,1H3,(H2,28,29). The first kappa shape index (κ1) is 19.1. The van der Waals surface area contributed by atoms with Crippen molar-refractivity contribution in [3.63, 3.8) is 0 Å². The van der Waals surface area contributed by atoms with Crippen LogP contribution in [0.3, 0.4) is 0 Å². The fourth-order valence-corrected chi connectivity index (χ4v) is 4.03. The van der Waals surface area contributed by atoms with Crippen molar-refractivity contribution in [2.75, 3.05) is 5.73 Å². The quantitative estimate of drug-likeness (QED) is 0.428. The monoisotopic (exact) mass is 418 g/mol. The van der Waals surface area contributed by atoms with E-state index >= 15 is 4.39 Å². The van der Waals surface area contributed by atoms with Crippen LogP contribution in [0.1, 0.15) is 11.3 Å². The van der Waals surface area contributed by atoms with Crippen LogP contribution in [0.4, 0.5) is 19.0 Å². The van der Waals surface area contributed by atoms with Crippen molar-refractivity contribution < 1.29 is 13.2 Å². The number of nitrogens with zero attached hydrogens (tertiary/aromatic N) is 3. The molecule has 3 heterocycles. The number of hydrogen-bond donors (Lipinski definition) is 1. The second-order valence-corrected chi connectivity index (χ2v) is 7.52. The summed E-state index contributed by atoms with van der Waals surface area (Å²) in [5.41, 5.74) is 9.03. The zero-order chi connectivity index (χ0) is 21.7. The molecule has 0 saturated carbocycles. The first-order valence-electron chi connectivity index (χ1n) is 9.62. The molecule has 5 rings (SSSR count). The summed E-state index contributed by atoms with van der Waals surface area (Å²) in [6.07, 6.45) is 5.13. The molecule has 0 aliphatic rings. The molecule has 0 unspecified atom stereocenters. The largest absolute Gasteiger partial charge is 0.383 e. The minimum atomic E-state index is -0.643. The fraction of sp³-hybridized carbons (Fsp3) is 0.0833. The van der Waals surface area contributed by atoms with E-state index in [9.17, 15) is 8.78 Å². The van der Waals surface area contributed by atoms with E-state index in [1.165, 1.54) is 18.3 Å². The summed E-state index contributed by atoms with van der Waals surface area (Å²) in [5, 5.41) is 1.70. The highest BCUT2D eigenvalue weighted by Gasteiger charge is 2.17. The lowest BCUT2D eigenvalue weighted by Gasteiger charge is -2.09. The summed E-state index contributed by atoms with van der Waals surface area (Å²) >= 11 is 0. The Bertz CT molecular complexity index is 1450. The minimum absolute atomic E-state index is 0.236. The van der Waals surface area contributed by atoms with Gasteiger partial charge in [-0.3, -0.25) is 4.98 Å². The van der Waals surface area contributed by atoms with Crippen LogP contribution < -0.4 is 5.73 Å². The van der Waals surface area contributed by atoms with Crippen LogP contribution in [0.5, 0.6) is 0 Å². The number of nitrogen functional groups attached to an aromatic ring is 1. The number of hydrogen-bond acceptors (Lipinski definition) is 3. The Labute approximate surface area is 175 Å². The summed E-state index contributed by atoms with van der Waals surface area (Å²) in [6, 6.07) is 10.4. The highest BCUT2D eigenvalue weighted by molar-refractivity contribution is 6.04. The van der Waals surface area contributed by atoms with Gasteiger partial charge in [0.15, 0.2) is 0 Å². The van der Waals surface area contributed by atoms with Gasteiger partial charge >= 0.3 is 0 Å². The van der Waals surface area contributed by atoms with Gasteiger partial charge in [0.2, 0.25) is 0 Å². The summed E-state index contributed by atoms with van der Waals surface area (Å²) in [5.74, 6) is -1.36. The maximum absolute atomic E-state index is 15.5. The van der Waals surface area contributed by atoms with Crippen molar-refractivity contribution in [1.82, 2.24) is 14.5 Å². The molecule has 0 aliphatic carbocycles. The Balaban J connectivity index is 1.59. The molecule has 5 aromatic rings. The van der Waals surface area contributed by atoms with Crippen molar-refractivity contribution in [1.29, 1.82) is 0 Å². The van der Waals surface area contributed by atoms with E-state index in [1.807, 2.05) is 23.9 Å². The van der Waals surface area contributed by atoms with Crippen LogP contribution in [0, 0.1) is 17.5 Å². The molecule has 0 bridgehead atoms. The zero-order valence-corrected chi connectivity index (χ0v) is 16.5. The molecule has 0 spiro atoms. The Morgan fingerprint density at radius 3 is 2.48 bits per heavy atom. The lowest BCUT2D eigenvalue weighted by Crippen LogP contribution is -1.96. The number of halogens is 3. The Kier molecular flexibility index (Phi) is 4.39. The number of aromatic nitrogens is 3. The lowest BCUT2D eigenvalue weighted by atomic mass is 10.00.